The minimum Gasteiger partial charge on any atom is -0.468 e. The minimum absolute atomic E-state index is 0.141. The van der Waals surface area contributed by atoms with E-state index in [0.717, 1.165) is 0 Å². The summed E-state index contributed by atoms with van der Waals surface area (Å²) in [6.07, 6.45) is 2.29. The Morgan fingerprint density at radius 1 is 1.21 bits per heavy atom. The van der Waals surface area contributed by atoms with Crippen LogP contribution in [0.5, 0.6) is 0 Å². The topological polar surface area (TPSA) is 112 Å². The number of hydrogen-bond acceptors (Lipinski definition) is 8. The zero-order valence-electron chi connectivity index (χ0n) is 19.6. The molecule has 3 atom stereocenters. The number of carbonyl (C=O) groups is 3. The van der Waals surface area contributed by atoms with Crippen LogP contribution in [0.3, 0.4) is 0 Å². The normalized spacial score (nSPS) is 22.4. The number of carbonyl (C=O) groups excluding carboxylic acids is 3. The van der Waals surface area contributed by atoms with Crippen LogP contribution in [-0.2, 0) is 23.9 Å². The molecule has 0 radical (unpaired) electrons. The summed E-state index contributed by atoms with van der Waals surface area (Å²) in [5.74, 6) is -4.13. The first kappa shape index (κ1) is 23.5. The summed E-state index contributed by atoms with van der Waals surface area (Å²) in [5, 5.41) is 3.51. The highest BCUT2D eigenvalue weighted by molar-refractivity contribution is 6.12. The number of dihydropyridines is 1. The van der Waals surface area contributed by atoms with Crippen LogP contribution < -0.4 is 10.7 Å². The molecule has 8 heteroatoms. The van der Waals surface area contributed by atoms with Crippen LogP contribution in [0.15, 0.2) is 62.3 Å². The molecule has 1 aliphatic carbocycles. The van der Waals surface area contributed by atoms with Crippen molar-refractivity contribution < 1.29 is 28.3 Å². The number of nitrogens with one attached hydrogen (secondary N) is 1. The first-order valence-corrected chi connectivity index (χ1v) is 11.3. The van der Waals surface area contributed by atoms with Gasteiger partial charge in [-0.2, -0.15) is 0 Å². The highest BCUT2D eigenvalue weighted by Crippen LogP contribution is 2.45. The molecule has 0 spiro atoms. The zero-order valence-corrected chi connectivity index (χ0v) is 19.6. The fraction of sp³-hybridized carbons (Fsp3) is 0.385. The van der Waals surface area contributed by atoms with E-state index < -0.39 is 29.6 Å². The van der Waals surface area contributed by atoms with Gasteiger partial charge in [0.25, 0.3) is 0 Å². The van der Waals surface area contributed by atoms with Crippen LogP contribution in [0.2, 0.25) is 0 Å². The number of rotatable bonds is 5. The first-order chi connectivity index (χ1) is 16.3. The van der Waals surface area contributed by atoms with Gasteiger partial charge in [-0.25, -0.2) is 4.79 Å². The number of methoxy groups -OCH3 is 1. The number of fused-ring (bicyclic) bond motifs is 1. The lowest BCUT2D eigenvalue weighted by Crippen LogP contribution is -2.44. The molecule has 0 fully saturated rings. The average Bonchev–Trinajstić information content (AvgIpc) is 2.82. The smallest absolute Gasteiger partial charge is 0.336 e. The average molecular weight is 466 g/mol. The quantitative estimate of drug-likeness (QED) is 0.529. The summed E-state index contributed by atoms with van der Waals surface area (Å²) in [6, 6.07) is 6.77. The third-order valence-electron chi connectivity index (χ3n) is 6.42. The van der Waals surface area contributed by atoms with Gasteiger partial charge in [-0.1, -0.05) is 26.0 Å². The van der Waals surface area contributed by atoms with E-state index in [1.165, 1.54) is 13.4 Å². The molecule has 0 amide bonds. The number of allylic oxidation sites excluding steroid dienone is 3. The Morgan fingerprint density at radius 3 is 2.65 bits per heavy atom. The maximum Gasteiger partial charge on any atom is 0.336 e. The van der Waals surface area contributed by atoms with E-state index in [4.69, 9.17) is 13.9 Å². The summed E-state index contributed by atoms with van der Waals surface area (Å²) in [6.45, 7) is 5.57. The number of benzene rings is 1. The molecule has 0 bridgehead atoms. The third kappa shape index (κ3) is 3.83. The minimum atomic E-state index is -1.04. The van der Waals surface area contributed by atoms with Gasteiger partial charge in [-0.05, 0) is 37.8 Å². The third-order valence-corrected chi connectivity index (χ3v) is 6.42. The SMILES string of the molecule is CCCOC(=O)C1=C(C)NC2=C(C(=O)[C@@H](C(=O)OC)[C@H](C)C2)[C@@H]1c1coc2ccccc2c1=O. The van der Waals surface area contributed by atoms with Crippen LogP contribution in [0, 0.1) is 11.8 Å². The van der Waals surface area contributed by atoms with Gasteiger partial charge in [0.15, 0.2) is 11.2 Å². The molecule has 0 saturated carbocycles. The summed E-state index contributed by atoms with van der Waals surface area (Å²) in [7, 11) is 1.23. The van der Waals surface area contributed by atoms with Crippen molar-refractivity contribution in [3.63, 3.8) is 0 Å². The van der Waals surface area contributed by atoms with E-state index in [1.807, 2.05) is 6.92 Å². The van der Waals surface area contributed by atoms with Crippen LogP contribution in [0.1, 0.15) is 45.1 Å². The monoisotopic (exact) mass is 465 g/mol. The number of para-hydroxylation sites is 1. The molecule has 2 aromatic rings. The van der Waals surface area contributed by atoms with Gasteiger partial charge in [0, 0.05) is 22.5 Å². The van der Waals surface area contributed by atoms with E-state index in [2.05, 4.69) is 5.32 Å². The number of ketones is 1. The molecule has 1 aromatic heterocycles. The molecule has 178 valence electrons. The predicted octanol–water partition coefficient (Wildman–Crippen LogP) is 3.36. The molecule has 4 rings (SSSR count). The molecule has 8 nitrogen and oxygen atoms in total. The van der Waals surface area contributed by atoms with Crippen molar-refractivity contribution in [2.45, 2.75) is 39.5 Å². The van der Waals surface area contributed by atoms with Crippen LogP contribution in [-0.4, -0.2) is 31.4 Å². The summed E-state index contributed by atoms with van der Waals surface area (Å²) >= 11 is 0. The molecule has 2 heterocycles. The molecule has 34 heavy (non-hydrogen) atoms. The second-order valence-electron chi connectivity index (χ2n) is 8.69. The first-order valence-electron chi connectivity index (χ1n) is 11.3. The van der Waals surface area contributed by atoms with Crippen molar-refractivity contribution in [3.8, 4) is 0 Å². The van der Waals surface area contributed by atoms with Gasteiger partial charge in [0.2, 0.25) is 0 Å². The number of hydrogen-bond donors (Lipinski definition) is 1. The van der Waals surface area contributed by atoms with Crippen molar-refractivity contribution in [3.05, 3.63) is 68.9 Å². The lowest BCUT2D eigenvalue weighted by molar-refractivity contribution is -0.151. The molecular weight excluding hydrogens is 438 g/mol. The lowest BCUT2D eigenvalue weighted by atomic mass is 9.69. The van der Waals surface area contributed by atoms with E-state index in [0.29, 0.717) is 35.2 Å². The highest BCUT2D eigenvalue weighted by atomic mass is 16.5. The van der Waals surface area contributed by atoms with Crippen molar-refractivity contribution >= 4 is 28.7 Å². The molecule has 0 unspecified atom stereocenters. The predicted molar refractivity (Wildman–Crippen MR) is 124 cm³/mol. The van der Waals surface area contributed by atoms with E-state index >= 15 is 0 Å². The van der Waals surface area contributed by atoms with Gasteiger partial charge in [-0.3, -0.25) is 14.4 Å². The van der Waals surface area contributed by atoms with Crippen LogP contribution >= 0.6 is 0 Å². The number of ether oxygens (including phenoxy) is 2. The molecule has 0 saturated heterocycles. The highest BCUT2D eigenvalue weighted by Gasteiger charge is 2.48. The lowest BCUT2D eigenvalue weighted by Gasteiger charge is -2.37. The van der Waals surface area contributed by atoms with Gasteiger partial charge in [-0.15, -0.1) is 0 Å². The Balaban J connectivity index is 1.95. The van der Waals surface area contributed by atoms with E-state index in [1.54, 1.807) is 38.1 Å². The van der Waals surface area contributed by atoms with Gasteiger partial charge in [0.1, 0.15) is 11.5 Å². The second-order valence-corrected chi connectivity index (χ2v) is 8.69. The summed E-state index contributed by atoms with van der Waals surface area (Å²) in [5.41, 5.74) is 1.61. The van der Waals surface area contributed by atoms with Crippen molar-refractivity contribution in [2.75, 3.05) is 13.7 Å². The van der Waals surface area contributed by atoms with Crippen molar-refractivity contribution in [2.24, 2.45) is 11.8 Å². The molecule has 1 N–H and O–H groups in total. The maximum absolute atomic E-state index is 13.7. The zero-order chi connectivity index (χ0) is 24.6. The Morgan fingerprint density at radius 2 is 1.94 bits per heavy atom. The fourth-order valence-electron chi connectivity index (χ4n) is 4.83. The second kappa shape index (κ2) is 9.29. The van der Waals surface area contributed by atoms with Crippen LogP contribution in [0.4, 0.5) is 0 Å². The van der Waals surface area contributed by atoms with Crippen molar-refractivity contribution in [1.82, 2.24) is 5.32 Å². The van der Waals surface area contributed by atoms with E-state index in [9.17, 15) is 19.2 Å². The molecular formula is C26H27NO7. The summed E-state index contributed by atoms with van der Waals surface area (Å²) in [4.78, 5) is 52.9. The molecule has 2 aliphatic rings. The Bertz CT molecular complexity index is 1300. The fourth-order valence-corrected chi connectivity index (χ4v) is 4.83. The summed E-state index contributed by atoms with van der Waals surface area (Å²) < 4.78 is 16.0. The Labute approximate surface area is 196 Å². The molecule has 1 aliphatic heterocycles. The Kier molecular flexibility index (Phi) is 6.41. The largest absolute Gasteiger partial charge is 0.468 e. The van der Waals surface area contributed by atoms with Gasteiger partial charge in [0.05, 0.1) is 36.9 Å². The standard InChI is InChI=1S/C26H27NO7/c1-5-10-33-26(31)20-14(3)27-17-11-13(2)19(25(30)32-4)24(29)22(17)21(20)16-12-34-18-9-7-6-8-15(18)23(16)28/h6-9,12-13,19,21,27H,5,10-11H2,1-4H3/t13-,19+,21-/m1/s1. The van der Waals surface area contributed by atoms with Gasteiger partial charge < -0.3 is 19.2 Å². The number of esters is 2. The van der Waals surface area contributed by atoms with Gasteiger partial charge >= 0.3 is 11.9 Å². The van der Waals surface area contributed by atoms with Crippen LogP contribution in [0.25, 0.3) is 11.0 Å². The Hall–Kier alpha value is -3.68. The molecule has 1 aromatic carbocycles. The number of Topliss-reactive ketones (excluding diaryl/α,β-unsaturated/α-hetero) is 1. The van der Waals surface area contributed by atoms with Crippen molar-refractivity contribution in [1.29, 1.82) is 0 Å². The van der Waals surface area contributed by atoms with E-state index in [-0.39, 0.29) is 34.7 Å². The maximum atomic E-state index is 13.7.